The Morgan fingerprint density at radius 1 is 1.30 bits per heavy atom. The fraction of sp³-hybridized carbons (Fsp3) is 0.250. The quantitative estimate of drug-likeness (QED) is 0.791. The minimum Gasteiger partial charge on any atom is -0.294 e. The standard InChI is InChI=1S/C16H13ClFNO/c1-9-4-5-19-14-6-10(7-15(20)16(9)14)12-8-11(18)2-3-13(12)17/h2-5,8,10H,6-7H2,1H3/t10-/m0/s1. The maximum Gasteiger partial charge on any atom is 0.165 e. The first-order valence-corrected chi connectivity index (χ1v) is 6.86. The first-order chi connectivity index (χ1) is 9.56. The lowest BCUT2D eigenvalue weighted by molar-refractivity contribution is 0.0962. The van der Waals surface area contributed by atoms with Crippen LogP contribution >= 0.6 is 11.6 Å². The van der Waals surface area contributed by atoms with E-state index in [2.05, 4.69) is 4.98 Å². The van der Waals surface area contributed by atoms with Crippen LogP contribution in [-0.2, 0) is 6.42 Å². The van der Waals surface area contributed by atoms with Gasteiger partial charge in [0.1, 0.15) is 5.82 Å². The van der Waals surface area contributed by atoms with Crippen molar-refractivity contribution in [2.24, 2.45) is 0 Å². The molecule has 102 valence electrons. The summed E-state index contributed by atoms with van der Waals surface area (Å²) in [5.41, 5.74) is 3.14. The molecule has 0 saturated carbocycles. The van der Waals surface area contributed by atoms with Crippen molar-refractivity contribution in [3.63, 3.8) is 0 Å². The highest BCUT2D eigenvalue weighted by Gasteiger charge is 2.29. The summed E-state index contributed by atoms with van der Waals surface area (Å²) in [4.78, 5) is 16.6. The Morgan fingerprint density at radius 2 is 2.10 bits per heavy atom. The fourth-order valence-electron chi connectivity index (χ4n) is 2.83. The lowest BCUT2D eigenvalue weighted by Crippen LogP contribution is -2.21. The van der Waals surface area contributed by atoms with Crippen LogP contribution in [0.4, 0.5) is 4.39 Å². The molecule has 3 rings (SSSR count). The number of carbonyl (C=O) groups is 1. The van der Waals surface area contributed by atoms with Crippen LogP contribution in [0.3, 0.4) is 0 Å². The normalized spacial score (nSPS) is 17.9. The van der Waals surface area contributed by atoms with Gasteiger partial charge in [-0.05, 0) is 54.7 Å². The van der Waals surface area contributed by atoms with Gasteiger partial charge in [0.15, 0.2) is 5.78 Å². The monoisotopic (exact) mass is 289 g/mol. The number of rotatable bonds is 1. The van der Waals surface area contributed by atoms with Gasteiger partial charge in [0.05, 0.1) is 5.69 Å². The molecule has 0 fully saturated rings. The van der Waals surface area contributed by atoms with Gasteiger partial charge in [0, 0.05) is 23.2 Å². The second-order valence-corrected chi connectivity index (χ2v) is 5.55. The van der Waals surface area contributed by atoms with E-state index in [0.717, 1.165) is 16.8 Å². The summed E-state index contributed by atoms with van der Waals surface area (Å²) < 4.78 is 13.4. The second-order valence-electron chi connectivity index (χ2n) is 5.14. The molecule has 1 aliphatic rings. The van der Waals surface area contributed by atoms with Gasteiger partial charge in [0.2, 0.25) is 0 Å². The highest BCUT2D eigenvalue weighted by molar-refractivity contribution is 6.31. The van der Waals surface area contributed by atoms with E-state index >= 15 is 0 Å². The number of carbonyl (C=O) groups excluding carboxylic acids is 1. The molecule has 0 bridgehead atoms. The zero-order chi connectivity index (χ0) is 14.3. The number of pyridine rings is 1. The van der Waals surface area contributed by atoms with Crippen LogP contribution in [-0.4, -0.2) is 10.8 Å². The van der Waals surface area contributed by atoms with Crippen LogP contribution in [0.2, 0.25) is 5.02 Å². The molecule has 0 aliphatic heterocycles. The lowest BCUT2D eigenvalue weighted by Gasteiger charge is -2.25. The average molecular weight is 290 g/mol. The largest absolute Gasteiger partial charge is 0.294 e. The Bertz CT molecular complexity index is 699. The van der Waals surface area contributed by atoms with Crippen LogP contribution in [0.15, 0.2) is 30.5 Å². The van der Waals surface area contributed by atoms with Crippen molar-refractivity contribution in [1.29, 1.82) is 0 Å². The maximum atomic E-state index is 13.4. The van der Waals surface area contributed by atoms with Crippen molar-refractivity contribution in [3.05, 3.63) is 63.7 Å². The number of nitrogens with zero attached hydrogens (tertiary/aromatic N) is 1. The Hall–Kier alpha value is -1.74. The zero-order valence-electron chi connectivity index (χ0n) is 11.0. The van der Waals surface area contributed by atoms with Crippen LogP contribution in [0.25, 0.3) is 0 Å². The number of ketones is 1. The average Bonchev–Trinajstić information content (AvgIpc) is 2.41. The van der Waals surface area contributed by atoms with Gasteiger partial charge >= 0.3 is 0 Å². The highest BCUT2D eigenvalue weighted by atomic mass is 35.5. The van der Waals surface area contributed by atoms with Crippen LogP contribution in [0, 0.1) is 12.7 Å². The molecule has 1 aliphatic carbocycles. The molecule has 4 heteroatoms. The first-order valence-electron chi connectivity index (χ1n) is 6.49. The topological polar surface area (TPSA) is 30.0 Å². The smallest absolute Gasteiger partial charge is 0.165 e. The SMILES string of the molecule is Cc1ccnc2c1C(=O)C[C@@H](c1cc(F)ccc1Cl)C2. The summed E-state index contributed by atoms with van der Waals surface area (Å²) in [6.45, 7) is 1.91. The molecule has 0 N–H and O–H groups in total. The Labute approximate surface area is 121 Å². The van der Waals surface area contributed by atoms with Gasteiger partial charge < -0.3 is 0 Å². The van der Waals surface area contributed by atoms with Gasteiger partial charge in [-0.2, -0.15) is 0 Å². The van der Waals surface area contributed by atoms with Gasteiger partial charge in [-0.15, -0.1) is 0 Å². The van der Waals surface area contributed by atoms with E-state index in [-0.39, 0.29) is 17.5 Å². The second kappa shape index (κ2) is 4.98. The number of benzene rings is 1. The predicted octanol–water partition coefficient (Wildman–Crippen LogP) is 4.10. The summed E-state index contributed by atoms with van der Waals surface area (Å²) in [6.07, 6.45) is 2.67. The highest BCUT2D eigenvalue weighted by Crippen LogP contribution is 2.36. The van der Waals surface area contributed by atoms with Crippen molar-refractivity contribution in [2.75, 3.05) is 0 Å². The number of fused-ring (bicyclic) bond motifs is 1. The van der Waals surface area contributed by atoms with E-state index in [1.807, 2.05) is 13.0 Å². The van der Waals surface area contributed by atoms with E-state index in [9.17, 15) is 9.18 Å². The van der Waals surface area contributed by atoms with E-state index in [1.54, 1.807) is 6.20 Å². The molecule has 1 heterocycles. The van der Waals surface area contributed by atoms with Gasteiger partial charge in [-0.25, -0.2) is 4.39 Å². The lowest BCUT2D eigenvalue weighted by atomic mass is 9.80. The predicted molar refractivity (Wildman–Crippen MR) is 75.8 cm³/mol. The third-order valence-electron chi connectivity index (χ3n) is 3.79. The van der Waals surface area contributed by atoms with Crippen LogP contribution < -0.4 is 0 Å². The third-order valence-corrected chi connectivity index (χ3v) is 4.13. The van der Waals surface area contributed by atoms with Crippen molar-refractivity contribution in [1.82, 2.24) is 4.98 Å². The molecular weight excluding hydrogens is 277 g/mol. The summed E-state index contributed by atoms with van der Waals surface area (Å²) in [5, 5.41) is 0.500. The molecule has 0 radical (unpaired) electrons. The maximum absolute atomic E-state index is 13.4. The van der Waals surface area contributed by atoms with Crippen LogP contribution in [0.1, 0.15) is 39.5 Å². The Balaban J connectivity index is 2.04. The molecule has 20 heavy (non-hydrogen) atoms. The Kier molecular flexibility index (Phi) is 3.30. The number of halogens is 2. The van der Waals surface area contributed by atoms with Crippen molar-refractivity contribution < 1.29 is 9.18 Å². The third kappa shape index (κ3) is 2.22. The summed E-state index contributed by atoms with van der Waals surface area (Å²) in [7, 11) is 0. The van der Waals surface area contributed by atoms with Gasteiger partial charge in [-0.1, -0.05) is 11.6 Å². The molecule has 0 amide bonds. The van der Waals surface area contributed by atoms with Crippen molar-refractivity contribution in [2.45, 2.75) is 25.7 Å². The summed E-state index contributed by atoms with van der Waals surface area (Å²) >= 11 is 6.14. The number of hydrogen-bond donors (Lipinski definition) is 0. The summed E-state index contributed by atoms with van der Waals surface area (Å²) in [6, 6.07) is 6.12. The molecule has 2 nitrogen and oxygen atoms in total. The van der Waals surface area contributed by atoms with Crippen molar-refractivity contribution in [3.8, 4) is 0 Å². The van der Waals surface area contributed by atoms with Gasteiger partial charge in [-0.3, -0.25) is 9.78 Å². The molecule has 0 spiro atoms. The fourth-order valence-corrected chi connectivity index (χ4v) is 3.10. The molecule has 1 atom stereocenters. The zero-order valence-corrected chi connectivity index (χ0v) is 11.7. The van der Waals surface area contributed by atoms with E-state index in [4.69, 9.17) is 11.6 Å². The number of hydrogen-bond acceptors (Lipinski definition) is 2. The molecule has 0 saturated heterocycles. The molecule has 2 aromatic rings. The Morgan fingerprint density at radius 3 is 2.90 bits per heavy atom. The van der Waals surface area contributed by atoms with E-state index in [0.29, 0.717) is 23.4 Å². The van der Waals surface area contributed by atoms with E-state index < -0.39 is 0 Å². The van der Waals surface area contributed by atoms with Gasteiger partial charge in [0.25, 0.3) is 0 Å². The molecule has 0 unspecified atom stereocenters. The number of aryl methyl sites for hydroxylation is 1. The van der Waals surface area contributed by atoms with E-state index in [1.165, 1.54) is 18.2 Å². The number of Topliss-reactive ketones (excluding diaryl/α,β-unsaturated/α-hetero) is 1. The molecule has 1 aromatic carbocycles. The molecular formula is C16H13ClFNO. The first kappa shape index (κ1) is 13.3. The minimum atomic E-state index is -0.333. The number of aromatic nitrogens is 1. The van der Waals surface area contributed by atoms with Crippen molar-refractivity contribution >= 4 is 17.4 Å². The molecule has 1 aromatic heterocycles. The minimum absolute atomic E-state index is 0.0576. The van der Waals surface area contributed by atoms with Crippen LogP contribution in [0.5, 0.6) is 0 Å². The summed E-state index contributed by atoms with van der Waals surface area (Å²) in [5.74, 6) is -0.380.